The molecule has 3 N–H and O–H groups in total. The van der Waals surface area contributed by atoms with Crippen LogP contribution in [0.2, 0.25) is 0 Å². The first-order valence-electron chi connectivity index (χ1n) is 8.56. The molecule has 1 fully saturated rings. The van der Waals surface area contributed by atoms with Gasteiger partial charge in [0.1, 0.15) is 0 Å². The first-order chi connectivity index (χ1) is 10.4. The second-order valence-corrected chi connectivity index (χ2v) is 7.26. The number of hydrogen-bond donors (Lipinski definition) is 2. The van der Waals surface area contributed by atoms with Crippen LogP contribution in [0.3, 0.4) is 0 Å². The van der Waals surface area contributed by atoms with Crippen LogP contribution in [0, 0.1) is 5.41 Å². The van der Waals surface area contributed by atoms with E-state index in [4.69, 9.17) is 5.73 Å². The molecule has 2 rings (SSSR count). The molecule has 0 aromatic heterocycles. The Morgan fingerprint density at radius 3 is 2.23 bits per heavy atom. The summed E-state index contributed by atoms with van der Waals surface area (Å²) < 4.78 is 0. The third kappa shape index (κ3) is 4.10. The largest absolute Gasteiger partial charge is 0.354 e. The maximum absolute atomic E-state index is 12.4. The van der Waals surface area contributed by atoms with Gasteiger partial charge < -0.3 is 11.1 Å². The van der Waals surface area contributed by atoms with E-state index >= 15 is 0 Å². The van der Waals surface area contributed by atoms with Gasteiger partial charge in [-0.3, -0.25) is 4.79 Å². The second-order valence-electron chi connectivity index (χ2n) is 7.26. The van der Waals surface area contributed by atoms with Crippen LogP contribution in [-0.2, 0) is 4.79 Å². The Bertz CT molecular complexity index is 487. The number of carbonyl (C=O) groups excluding carboxylic acids is 1. The fourth-order valence-corrected chi connectivity index (χ4v) is 3.22. The Kier molecular flexibility index (Phi) is 5.63. The zero-order valence-corrected chi connectivity index (χ0v) is 14.2. The summed E-state index contributed by atoms with van der Waals surface area (Å²) in [6.45, 7) is 6.96. The van der Waals surface area contributed by atoms with Crippen molar-refractivity contribution in [2.75, 3.05) is 6.54 Å². The van der Waals surface area contributed by atoms with Crippen LogP contribution in [-0.4, -0.2) is 12.5 Å². The molecule has 122 valence electrons. The summed E-state index contributed by atoms with van der Waals surface area (Å²) in [5.41, 5.74) is 8.43. The van der Waals surface area contributed by atoms with Gasteiger partial charge in [-0.05, 0) is 29.9 Å². The minimum atomic E-state index is -0.195. The number of nitrogens with one attached hydrogen (secondary N) is 1. The fraction of sp³-hybridized carbons (Fsp3) is 0.632. The molecule has 3 nitrogen and oxygen atoms in total. The highest BCUT2D eigenvalue weighted by Crippen LogP contribution is 2.35. The van der Waals surface area contributed by atoms with Gasteiger partial charge in [-0.25, -0.2) is 0 Å². The Hall–Kier alpha value is -1.35. The normalized spacial score (nSPS) is 19.0. The first-order valence-corrected chi connectivity index (χ1v) is 8.56. The highest BCUT2D eigenvalue weighted by atomic mass is 16.2. The zero-order chi connectivity index (χ0) is 16.2. The Balaban J connectivity index is 1.89. The molecule has 1 atom stereocenters. The van der Waals surface area contributed by atoms with E-state index in [1.54, 1.807) is 0 Å². The molecule has 0 saturated heterocycles. The Labute approximate surface area is 134 Å². The van der Waals surface area contributed by atoms with Gasteiger partial charge in [0.2, 0.25) is 5.91 Å². The van der Waals surface area contributed by atoms with Crippen molar-refractivity contribution >= 4 is 5.91 Å². The van der Waals surface area contributed by atoms with E-state index in [9.17, 15) is 4.79 Å². The monoisotopic (exact) mass is 302 g/mol. The second kappa shape index (κ2) is 7.28. The van der Waals surface area contributed by atoms with E-state index in [2.05, 4.69) is 50.4 Å². The van der Waals surface area contributed by atoms with Crippen LogP contribution in [0.25, 0.3) is 0 Å². The lowest BCUT2D eigenvalue weighted by atomic mass is 9.75. The average molecular weight is 302 g/mol. The van der Waals surface area contributed by atoms with Crippen LogP contribution >= 0.6 is 0 Å². The van der Waals surface area contributed by atoms with Gasteiger partial charge in [-0.2, -0.15) is 0 Å². The SMILES string of the molecule is CC(C)c1ccc(C(N)CNC(=O)C2(C)CCCCC2)cc1. The van der Waals surface area contributed by atoms with Gasteiger partial charge in [0, 0.05) is 18.0 Å². The lowest BCUT2D eigenvalue weighted by molar-refractivity contribution is -0.131. The van der Waals surface area contributed by atoms with Crippen molar-refractivity contribution in [1.29, 1.82) is 0 Å². The highest BCUT2D eigenvalue weighted by molar-refractivity contribution is 5.82. The molecular weight excluding hydrogens is 272 g/mol. The highest BCUT2D eigenvalue weighted by Gasteiger charge is 2.34. The minimum absolute atomic E-state index is 0.141. The summed E-state index contributed by atoms with van der Waals surface area (Å²) in [6, 6.07) is 8.27. The molecule has 3 heteroatoms. The molecule has 0 bridgehead atoms. The van der Waals surface area contributed by atoms with Crippen molar-refractivity contribution in [2.24, 2.45) is 11.1 Å². The maximum Gasteiger partial charge on any atom is 0.226 e. The van der Waals surface area contributed by atoms with E-state index in [1.165, 1.54) is 12.0 Å². The summed E-state index contributed by atoms with van der Waals surface area (Å²) in [7, 11) is 0. The smallest absolute Gasteiger partial charge is 0.226 e. The fourth-order valence-electron chi connectivity index (χ4n) is 3.22. The van der Waals surface area contributed by atoms with E-state index in [-0.39, 0.29) is 17.4 Å². The Morgan fingerprint density at radius 2 is 1.68 bits per heavy atom. The lowest BCUT2D eigenvalue weighted by Gasteiger charge is -2.32. The molecule has 22 heavy (non-hydrogen) atoms. The third-order valence-corrected chi connectivity index (χ3v) is 5.02. The zero-order valence-electron chi connectivity index (χ0n) is 14.2. The van der Waals surface area contributed by atoms with Crippen molar-refractivity contribution in [3.63, 3.8) is 0 Å². The molecule has 1 aromatic carbocycles. The molecule has 1 unspecified atom stereocenters. The lowest BCUT2D eigenvalue weighted by Crippen LogP contribution is -2.42. The van der Waals surface area contributed by atoms with Crippen LogP contribution in [0.15, 0.2) is 24.3 Å². The molecule has 0 aliphatic heterocycles. The van der Waals surface area contributed by atoms with E-state index < -0.39 is 0 Å². The molecule has 1 amide bonds. The van der Waals surface area contributed by atoms with Crippen LogP contribution in [0.5, 0.6) is 0 Å². The number of carbonyl (C=O) groups is 1. The van der Waals surface area contributed by atoms with Crippen molar-refractivity contribution in [3.8, 4) is 0 Å². The van der Waals surface area contributed by atoms with Crippen molar-refractivity contribution in [2.45, 2.75) is 64.8 Å². The van der Waals surface area contributed by atoms with Gasteiger partial charge in [0.15, 0.2) is 0 Å². The molecular formula is C19H30N2O. The molecule has 0 spiro atoms. The number of benzene rings is 1. The molecule has 1 aliphatic carbocycles. The number of hydrogen-bond acceptors (Lipinski definition) is 2. The molecule has 0 radical (unpaired) electrons. The van der Waals surface area contributed by atoms with Gasteiger partial charge in [-0.1, -0.05) is 64.3 Å². The minimum Gasteiger partial charge on any atom is -0.354 e. The van der Waals surface area contributed by atoms with Crippen LogP contribution in [0.4, 0.5) is 0 Å². The summed E-state index contributed by atoms with van der Waals surface area (Å²) in [4.78, 5) is 12.4. The molecule has 1 saturated carbocycles. The predicted octanol–water partition coefficient (Wildman–Crippen LogP) is 3.90. The van der Waals surface area contributed by atoms with Crippen molar-refractivity contribution in [3.05, 3.63) is 35.4 Å². The summed E-state index contributed by atoms with van der Waals surface area (Å²) in [5, 5.41) is 3.06. The third-order valence-electron chi connectivity index (χ3n) is 5.02. The van der Waals surface area contributed by atoms with Gasteiger partial charge in [0.05, 0.1) is 0 Å². The predicted molar refractivity (Wildman–Crippen MR) is 91.7 cm³/mol. The summed E-state index contributed by atoms with van der Waals surface area (Å²) >= 11 is 0. The quantitative estimate of drug-likeness (QED) is 0.866. The summed E-state index contributed by atoms with van der Waals surface area (Å²) in [5.74, 6) is 0.692. The summed E-state index contributed by atoms with van der Waals surface area (Å²) in [6.07, 6.45) is 5.57. The molecule has 1 aromatic rings. The maximum atomic E-state index is 12.4. The Morgan fingerprint density at radius 1 is 1.14 bits per heavy atom. The first kappa shape index (κ1) is 17.0. The standard InChI is InChI=1S/C19H30N2O/c1-14(2)15-7-9-16(10-8-15)17(20)13-21-18(22)19(3)11-5-4-6-12-19/h7-10,14,17H,4-6,11-13,20H2,1-3H3,(H,21,22). The van der Waals surface area contributed by atoms with Crippen LogP contribution in [0.1, 0.15) is 76.0 Å². The molecule has 1 aliphatic rings. The average Bonchev–Trinajstić information content (AvgIpc) is 2.53. The van der Waals surface area contributed by atoms with Gasteiger partial charge in [0.25, 0.3) is 0 Å². The van der Waals surface area contributed by atoms with Gasteiger partial charge in [-0.15, -0.1) is 0 Å². The number of amides is 1. The number of nitrogens with two attached hydrogens (primary N) is 1. The topological polar surface area (TPSA) is 55.1 Å². The van der Waals surface area contributed by atoms with Crippen molar-refractivity contribution < 1.29 is 4.79 Å². The van der Waals surface area contributed by atoms with Gasteiger partial charge >= 0.3 is 0 Å². The number of rotatable bonds is 5. The van der Waals surface area contributed by atoms with E-state index in [0.717, 1.165) is 31.2 Å². The van der Waals surface area contributed by atoms with Crippen LogP contribution < -0.4 is 11.1 Å². The van der Waals surface area contributed by atoms with Crippen molar-refractivity contribution in [1.82, 2.24) is 5.32 Å². The van der Waals surface area contributed by atoms with E-state index in [0.29, 0.717) is 12.5 Å². The molecule has 0 heterocycles. The van der Waals surface area contributed by atoms with E-state index in [1.807, 2.05) is 0 Å².